The van der Waals surface area contributed by atoms with Crippen LogP contribution in [0.1, 0.15) is 5.56 Å². The van der Waals surface area contributed by atoms with Crippen LogP contribution in [-0.2, 0) is 4.79 Å². The summed E-state index contributed by atoms with van der Waals surface area (Å²) in [5.41, 5.74) is 0.823. The van der Waals surface area contributed by atoms with Gasteiger partial charge in [-0.3, -0.25) is 10.1 Å². The van der Waals surface area contributed by atoms with E-state index in [2.05, 4.69) is 10.6 Å². The second-order valence-corrected chi connectivity index (χ2v) is 7.06. The molecule has 0 aromatic heterocycles. The number of amides is 1. The molecule has 0 saturated heterocycles. The first-order chi connectivity index (χ1) is 11.3. The fourth-order valence-corrected chi connectivity index (χ4v) is 2.84. The monoisotopic (exact) mass is 494 g/mol. The number of nitrogens with one attached hydrogen (secondary N) is 2. The van der Waals surface area contributed by atoms with Gasteiger partial charge in [0.1, 0.15) is 5.82 Å². The number of carbonyl (C=O) groups excluding carboxylic acids is 1. The van der Waals surface area contributed by atoms with Crippen molar-refractivity contribution in [2.75, 3.05) is 5.32 Å². The summed E-state index contributed by atoms with van der Waals surface area (Å²) in [4.78, 5) is 11.8. The smallest absolute Gasteiger partial charge is 0.250 e. The maximum Gasteiger partial charge on any atom is 0.250 e. The largest absolute Gasteiger partial charge is 0.330 e. The lowest BCUT2D eigenvalue weighted by molar-refractivity contribution is -0.115. The topological polar surface area (TPSA) is 41.1 Å². The van der Waals surface area contributed by atoms with E-state index in [9.17, 15) is 9.18 Å². The van der Waals surface area contributed by atoms with Gasteiger partial charge in [-0.15, -0.1) is 0 Å². The zero-order valence-electron chi connectivity index (χ0n) is 11.9. The average Bonchev–Trinajstić information content (AvgIpc) is 2.49. The maximum atomic E-state index is 13.7. The van der Waals surface area contributed by atoms with Gasteiger partial charge in [-0.2, -0.15) is 0 Å². The molecule has 3 nitrogen and oxygen atoms in total. The van der Waals surface area contributed by atoms with E-state index in [1.807, 2.05) is 22.6 Å². The summed E-state index contributed by atoms with van der Waals surface area (Å²) in [5, 5.41) is 5.98. The highest BCUT2D eigenvalue weighted by molar-refractivity contribution is 14.1. The zero-order chi connectivity index (χ0) is 17.7. The average molecular weight is 495 g/mol. The summed E-state index contributed by atoms with van der Waals surface area (Å²) < 4.78 is 14.5. The van der Waals surface area contributed by atoms with Crippen LogP contribution in [0.3, 0.4) is 0 Å². The van der Waals surface area contributed by atoms with Crippen molar-refractivity contribution >= 4 is 80.8 Å². The Labute approximate surface area is 167 Å². The molecule has 0 spiro atoms. The molecule has 0 heterocycles. The summed E-state index contributed by atoms with van der Waals surface area (Å²) in [6, 6.07) is 9.54. The van der Waals surface area contributed by atoms with Gasteiger partial charge in [0, 0.05) is 19.7 Å². The van der Waals surface area contributed by atoms with Crippen molar-refractivity contribution in [3.63, 3.8) is 0 Å². The molecule has 124 valence electrons. The van der Waals surface area contributed by atoms with E-state index in [1.54, 1.807) is 30.3 Å². The van der Waals surface area contributed by atoms with Crippen molar-refractivity contribution in [3.8, 4) is 0 Å². The van der Waals surface area contributed by atoms with Gasteiger partial charge >= 0.3 is 0 Å². The first kappa shape index (κ1) is 19.1. The lowest BCUT2D eigenvalue weighted by Crippen LogP contribution is -2.33. The third-order valence-electron chi connectivity index (χ3n) is 2.79. The predicted octanol–water partition coefficient (Wildman–Crippen LogP) is 5.26. The summed E-state index contributed by atoms with van der Waals surface area (Å²) >= 11 is 18.8. The van der Waals surface area contributed by atoms with Crippen LogP contribution in [0.2, 0.25) is 10.0 Å². The first-order valence-electron chi connectivity index (χ1n) is 6.55. The van der Waals surface area contributed by atoms with E-state index < -0.39 is 11.7 Å². The molecule has 2 aromatic carbocycles. The Morgan fingerprint density at radius 2 is 1.96 bits per heavy atom. The van der Waals surface area contributed by atoms with Gasteiger partial charge in [-0.1, -0.05) is 29.3 Å². The molecule has 0 saturated carbocycles. The summed E-state index contributed by atoms with van der Waals surface area (Å²) in [7, 11) is 0. The lowest BCUT2D eigenvalue weighted by atomic mass is 10.2. The number of hydrogen-bond donors (Lipinski definition) is 2. The van der Waals surface area contributed by atoms with Crippen LogP contribution >= 0.6 is 58.0 Å². The molecule has 2 rings (SSSR count). The Morgan fingerprint density at radius 3 is 2.62 bits per heavy atom. The van der Waals surface area contributed by atoms with Crippen molar-refractivity contribution in [1.29, 1.82) is 0 Å². The van der Waals surface area contributed by atoms with Crippen LogP contribution in [0.4, 0.5) is 10.1 Å². The highest BCUT2D eigenvalue weighted by Gasteiger charge is 2.06. The van der Waals surface area contributed by atoms with E-state index in [0.717, 1.165) is 3.57 Å². The fraction of sp³-hybridized carbons (Fsp3) is 0. The van der Waals surface area contributed by atoms with E-state index in [0.29, 0.717) is 15.6 Å². The third-order valence-corrected chi connectivity index (χ3v) is 4.23. The molecule has 2 N–H and O–H groups in total. The number of thiocarbonyl (C=S) groups is 1. The number of halogens is 4. The van der Waals surface area contributed by atoms with Crippen LogP contribution in [0.5, 0.6) is 0 Å². The summed E-state index contributed by atoms with van der Waals surface area (Å²) in [6.45, 7) is 0. The van der Waals surface area contributed by atoms with Gasteiger partial charge in [0.15, 0.2) is 5.11 Å². The molecule has 24 heavy (non-hydrogen) atoms. The fourth-order valence-electron chi connectivity index (χ4n) is 1.70. The normalized spacial score (nSPS) is 10.7. The molecule has 8 heteroatoms. The van der Waals surface area contributed by atoms with Crippen molar-refractivity contribution in [3.05, 3.63) is 67.5 Å². The van der Waals surface area contributed by atoms with E-state index in [4.69, 9.17) is 35.4 Å². The molecule has 2 aromatic rings. The zero-order valence-corrected chi connectivity index (χ0v) is 16.4. The molecule has 0 radical (unpaired) electrons. The molecule has 0 aliphatic rings. The Kier molecular flexibility index (Phi) is 6.97. The lowest BCUT2D eigenvalue weighted by Gasteiger charge is -2.09. The van der Waals surface area contributed by atoms with Gasteiger partial charge in [-0.25, -0.2) is 4.39 Å². The number of anilines is 1. The second kappa shape index (κ2) is 8.75. The number of rotatable bonds is 3. The van der Waals surface area contributed by atoms with Crippen molar-refractivity contribution in [2.45, 2.75) is 0 Å². The first-order valence-corrected chi connectivity index (χ1v) is 8.79. The molecule has 0 unspecified atom stereocenters. The van der Waals surface area contributed by atoms with E-state index in [-0.39, 0.29) is 10.8 Å². The van der Waals surface area contributed by atoms with Crippen molar-refractivity contribution in [1.82, 2.24) is 5.32 Å². The Morgan fingerprint density at radius 1 is 1.21 bits per heavy atom. The van der Waals surface area contributed by atoms with Crippen LogP contribution in [0.25, 0.3) is 6.08 Å². The maximum absolute atomic E-state index is 13.7. The van der Waals surface area contributed by atoms with Crippen LogP contribution in [0, 0.1) is 9.39 Å². The second-order valence-electron chi connectivity index (χ2n) is 4.57. The van der Waals surface area contributed by atoms with Gasteiger partial charge in [0.05, 0.1) is 5.69 Å². The Hall–Kier alpha value is -1.22. The minimum absolute atomic E-state index is 0.00744. The van der Waals surface area contributed by atoms with Crippen LogP contribution in [0.15, 0.2) is 42.5 Å². The number of carbonyl (C=O) groups is 1. The van der Waals surface area contributed by atoms with E-state index in [1.165, 1.54) is 18.2 Å². The van der Waals surface area contributed by atoms with Crippen LogP contribution in [-0.4, -0.2) is 11.0 Å². The number of benzene rings is 2. The third kappa shape index (κ3) is 5.70. The summed E-state index contributed by atoms with van der Waals surface area (Å²) in [6.07, 6.45) is 2.80. The highest BCUT2D eigenvalue weighted by atomic mass is 127. The van der Waals surface area contributed by atoms with Gasteiger partial charge < -0.3 is 5.32 Å². The standard InChI is InChI=1S/C16H10Cl2FIN2OS/c17-10-3-1-9(12(18)7-10)2-6-15(23)22-16(24)21-14-5-4-11(20)8-13(14)19/h1-8H,(H2,21,22,23,24)/b6-2+. The highest BCUT2D eigenvalue weighted by Crippen LogP contribution is 2.22. The Balaban J connectivity index is 1.96. The van der Waals surface area contributed by atoms with Crippen molar-refractivity contribution < 1.29 is 9.18 Å². The SMILES string of the molecule is O=C(/C=C/c1ccc(Cl)cc1Cl)NC(=S)Nc1ccc(I)cc1F. The minimum Gasteiger partial charge on any atom is -0.330 e. The molecular formula is C16H10Cl2FIN2OS. The molecule has 0 atom stereocenters. The molecule has 0 aliphatic carbocycles. The number of hydrogen-bond acceptors (Lipinski definition) is 2. The van der Waals surface area contributed by atoms with E-state index >= 15 is 0 Å². The Bertz CT molecular complexity index is 830. The quantitative estimate of drug-likeness (QED) is 0.347. The predicted molar refractivity (Wildman–Crippen MR) is 109 cm³/mol. The molecule has 1 amide bonds. The summed E-state index contributed by atoms with van der Waals surface area (Å²) in [5.74, 6) is -0.925. The van der Waals surface area contributed by atoms with Gasteiger partial charge in [-0.05, 0) is 76.8 Å². The molecule has 0 aliphatic heterocycles. The molecule has 0 fully saturated rings. The van der Waals surface area contributed by atoms with Crippen molar-refractivity contribution in [2.24, 2.45) is 0 Å². The van der Waals surface area contributed by atoms with Gasteiger partial charge in [0.25, 0.3) is 0 Å². The van der Waals surface area contributed by atoms with Gasteiger partial charge in [0.2, 0.25) is 5.91 Å². The minimum atomic E-state index is -0.468. The molecule has 0 bridgehead atoms. The molecular weight excluding hydrogens is 485 g/mol. The van der Waals surface area contributed by atoms with Crippen LogP contribution < -0.4 is 10.6 Å².